The molecule has 0 aliphatic carbocycles. The Hall–Kier alpha value is -0.610. The maximum atomic E-state index is 10.0. The van der Waals surface area contributed by atoms with Crippen LogP contribution in [-0.2, 0) is 4.79 Å². The molecule has 0 aromatic heterocycles. The lowest BCUT2D eigenvalue weighted by atomic mass is 10.6. The number of carbonyl (C=O) groups is 1. The van der Waals surface area contributed by atoms with E-state index < -0.39 is 5.97 Å². The van der Waals surface area contributed by atoms with Crippen molar-refractivity contribution in [2.24, 2.45) is 0 Å². The van der Waals surface area contributed by atoms with Crippen LogP contribution in [0, 0.1) is 0 Å². The SMILES string of the molecule is CCN(CC)NCC(=O)O. The third-order valence-corrected chi connectivity index (χ3v) is 1.22. The molecule has 0 heterocycles. The Balaban J connectivity index is 3.34. The van der Waals surface area contributed by atoms with E-state index in [4.69, 9.17) is 5.11 Å². The first-order chi connectivity index (χ1) is 4.70. The molecule has 0 unspecified atom stereocenters. The molecule has 4 heteroatoms. The average Bonchev–Trinajstić information content (AvgIpc) is 1.90. The van der Waals surface area contributed by atoms with Gasteiger partial charge in [-0.05, 0) is 0 Å². The minimum atomic E-state index is -0.827. The Morgan fingerprint density at radius 2 is 2.00 bits per heavy atom. The second kappa shape index (κ2) is 5.20. The number of hydrogen-bond donors (Lipinski definition) is 2. The van der Waals surface area contributed by atoms with E-state index in [1.807, 2.05) is 18.9 Å². The van der Waals surface area contributed by atoms with Crippen molar-refractivity contribution in [1.82, 2.24) is 10.4 Å². The van der Waals surface area contributed by atoms with Crippen molar-refractivity contribution in [2.75, 3.05) is 19.6 Å². The molecule has 10 heavy (non-hydrogen) atoms. The Labute approximate surface area is 60.8 Å². The zero-order valence-electron chi connectivity index (χ0n) is 6.42. The summed E-state index contributed by atoms with van der Waals surface area (Å²) >= 11 is 0. The lowest BCUT2D eigenvalue weighted by molar-refractivity contribution is -0.136. The summed E-state index contributed by atoms with van der Waals surface area (Å²) in [7, 11) is 0. The summed E-state index contributed by atoms with van der Waals surface area (Å²) in [5, 5.41) is 10.1. The van der Waals surface area contributed by atoms with E-state index in [9.17, 15) is 4.79 Å². The summed E-state index contributed by atoms with van der Waals surface area (Å²) in [6.45, 7) is 5.59. The lowest BCUT2D eigenvalue weighted by Gasteiger charge is -2.17. The quantitative estimate of drug-likeness (QED) is 0.532. The van der Waals surface area contributed by atoms with Gasteiger partial charge in [-0.3, -0.25) is 4.79 Å². The van der Waals surface area contributed by atoms with Gasteiger partial charge in [0.05, 0.1) is 0 Å². The highest BCUT2D eigenvalue weighted by atomic mass is 16.4. The highest BCUT2D eigenvalue weighted by molar-refractivity contribution is 5.68. The molecule has 0 aliphatic rings. The van der Waals surface area contributed by atoms with Crippen LogP contribution in [0.4, 0.5) is 0 Å². The summed E-state index contributed by atoms with van der Waals surface area (Å²) in [5.41, 5.74) is 2.75. The first kappa shape index (κ1) is 9.39. The highest BCUT2D eigenvalue weighted by Gasteiger charge is 1.99. The maximum absolute atomic E-state index is 10.0. The molecule has 0 aromatic carbocycles. The van der Waals surface area contributed by atoms with Gasteiger partial charge in [-0.15, -0.1) is 0 Å². The van der Waals surface area contributed by atoms with Gasteiger partial charge in [0.15, 0.2) is 0 Å². The van der Waals surface area contributed by atoms with E-state index in [1.54, 1.807) is 0 Å². The van der Waals surface area contributed by atoms with Crippen LogP contribution in [0.15, 0.2) is 0 Å². The van der Waals surface area contributed by atoms with Gasteiger partial charge in [0.25, 0.3) is 0 Å². The van der Waals surface area contributed by atoms with Gasteiger partial charge >= 0.3 is 5.97 Å². The van der Waals surface area contributed by atoms with Crippen molar-refractivity contribution in [3.8, 4) is 0 Å². The smallest absolute Gasteiger partial charge is 0.318 e. The normalized spacial score (nSPS) is 10.3. The molecule has 0 spiro atoms. The van der Waals surface area contributed by atoms with Crippen molar-refractivity contribution in [3.63, 3.8) is 0 Å². The van der Waals surface area contributed by atoms with E-state index in [0.717, 1.165) is 13.1 Å². The van der Waals surface area contributed by atoms with Crippen LogP contribution < -0.4 is 5.43 Å². The van der Waals surface area contributed by atoms with Crippen molar-refractivity contribution >= 4 is 5.97 Å². The third kappa shape index (κ3) is 4.29. The van der Waals surface area contributed by atoms with Gasteiger partial charge in [0.2, 0.25) is 0 Å². The minimum Gasteiger partial charge on any atom is -0.480 e. The fourth-order valence-corrected chi connectivity index (χ4v) is 0.627. The van der Waals surface area contributed by atoms with Crippen molar-refractivity contribution in [3.05, 3.63) is 0 Å². The lowest BCUT2D eigenvalue weighted by Crippen LogP contribution is -2.40. The molecule has 0 amide bonds. The average molecular weight is 146 g/mol. The molecule has 0 saturated carbocycles. The Morgan fingerprint density at radius 3 is 2.30 bits per heavy atom. The Morgan fingerprint density at radius 1 is 1.50 bits per heavy atom. The summed E-state index contributed by atoms with van der Waals surface area (Å²) in [6.07, 6.45) is 0. The van der Waals surface area contributed by atoms with Crippen molar-refractivity contribution < 1.29 is 9.90 Å². The molecule has 4 nitrogen and oxygen atoms in total. The number of hydrazine groups is 1. The topological polar surface area (TPSA) is 52.6 Å². The molecule has 0 rings (SSSR count). The van der Waals surface area contributed by atoms with Crippen LogP contribution in [0.5, 0.6) is 0 Å². The number of nitrogens with zero attached hydrogens (tertiary/aromatic N) is 1. The molecular formula is C6H14N2O2. The number of hydrogen-bond acceptors (Lipinski definition) is 3. The molecule has 2 N–H and O–H groups in total. The maximum Gasteiger partial charge on any atom is 0.318 e. The predicted octanol–water partition coefficient (Wildman–Crippen LogP) is -0.0826. The second-order valence-corrected chi connectivity index (χ2v) is 1.90. The number of nitrogens with one attached hydrogen (secondary N) is 1. The second-order valence-electron chi connectivity index (χ2n) is 1.90. The van der Waals surface area contributed by atoms with Gasteiger partial charge in [0, 0.05) is 13.1 Å². The summed E-state index contributed by atoms with van der Waals surface area (Å²) < 4.78 is 0. The fourth-order valence-electron chi connectivity index (χ4n) is 0.627. The monoisotopic (exact) mass is 146 g/mol. The molecule has 0 bridgehead atoms. The molecule has 0 saturated heterocycles. The molecule has 60 valence electrons. The molecule has 0 atom stereocenters. The van der Waals surface area contributed by atoms with Gasteiger partial charge in [-0.25, -0.2) is 10.4 Å². The first-order valence-electron chi connectivity index (χ1n) is 3.41. The van der Waals surface area contributed by atoms with Crippen LogP contribution in [0.3, 0.4) is 0 Å². The van der Waals surface area contributed by atoms with Gasteiger partial charge < -0.3 is 5.11 Å². The van der Waals surface area contributed by atoms with Crippen LogP contribution in [0.25, 0.3) is 0 Å². The summed E-state index contributed by atoms with van der Waals surface area (Å²) in [4.78, 5) is 10.0. The van der Waals surface area contributed by atoms with E-state index in [-0.39, 0.29) is 6.54 Å². The molecule has 0 radical (unpaired) electrons. The highest BCUT2D eigenvalue weighted by Crippen LogP contribution is 1.77. The van der Waals surface area contributed by atoms with E-state index >= 15 is 0 Å². The third-order valence-electron chi connectivity index (χ3n) is 1.22. The molecule has 0 aliphatic heterocycles. The molecule has 0 fully saturated rings. The zero-order valence-corrected chi connectivity index (χ0v) is 6.42. The summed E-state index contributed by atoms with van der Waals surface area (Å²) in [5.74, 6) is -0.827. The largest absolute Gasteiger partial charge is 0.480 e. The number of aliphatic carboxylic acids is 1. The van der Waals surface area contributed by atoms with Crippen LogP contribution >= 0.6 is 0 Å². The number of carboxylic acids is 1. The Bertz CT molecular complexity index is 102. The summed E-state index contributed by atoms with van der Waals surface area (Å²) in [6, 6.07) is 0. The fraction of sp³-hybridized carbons (Fsp3) is 0.833. The Kier molecular flexibility index (Phi) is 4.88. The first-order valence-corrected chi connectivity index (χ1v) is 3.41. The van der Waals surface area contributed by atoms with Crippen molar-refractivity contribution in [2.45, 2.75) is 13.8 Å². The van der Waals surface area contributed by atoms with E-state index in [2.05, 4.69) is 5.43 Å². The number of carboxylic acid groups (broad SMARTS) is 1. The van der Waals surface area contributed by atoms with Gasteiger partial charge in [-0.2, -0.15) is 0 Å². The van der Waals surface area contributed by atoms with E-state index in [0.29, 0.717) is 0 Å². The standard InChI is InChI=1S/C6H14N2O2/c1-3-8(4-2)7-5-6(9)10/h7H,3-5H2,1-2H3,(H,9,10). The molecular weight excluding hydrogens is 132 g/mol. The zero-order chi connectivity index (χ0) is 7.98. The number of rotatable bonds is 5. The minimum absolute atomic E-state index is 0.00167. The van der Waals surface area contributed by atoms with Crippen LogP contribution in [0.2, 0.25) is 0 Å². The van der Waals surface area contributed by atoms with Gasteiger partial charge in [-0.1, -0.05) is 13.8 Å². The van der Waals surface area contributed by atoms with Crippen molar-refractivity contribution in [1.29, 1.82) is 0 Å². The predicted molar refractivity (Wildman–Crippen MR) is 38.6 cm³/mol. The van der Waals surface area contributed by atoms with Crippen LogP contribution in [-0.4, -0.2) is 35.7 Å². The van der Waals surface area contributed by atoms with Gasteiger partial charge in [0.1, 0.15) is 6.54 Å². The van der Waals surface area contributed by atoms with Crippen LogP contribution in [0.1, 0.15) is 13.8 Å². The van der Waals surface area contributed by atoms with E-state index in [1.165, 1.54) is 0 Å². The molecule has 0 aromatic rings.